The number of hydrogen-bond acceptors (Lipinski definition) is 4. The van der Waals surface area contributed by atoms with E-state index in [9.17, 15) is 0 Å². The third kappa shape index (κ3) is 3.27. The first kappa shape index (κ1) is 14.3. The van der Waals surface area contributed by atoms with Gasteiger partial charge in [-0.3, -0.25) is 0 Å². The number of aryl methyl sites for hydroxylation is 1. The molecule has 0 saturated carbocycles. The molecule has 0 radical (unpaired) electrons. The Balaban J connectivity index is 2.31. The van der Waals surface area contributed by atoms with Crippen molar-refractivity contribution in [3.63, 3.8) is 0 Å². The summed E-state index contributed by atoms with van der Waals surface area (Å²) in [5.74, 6) is 1.01. The van der Waals surface area contributed by atoms with E-state index < -0.39 is 0 Å². The lowest BCUT2D eigenvalue weighted by Crippen LogP contribution is -2.04. The molecule has 0 spiro atoms. The SMILES string of the molecule is C=C(OC)c1nc(Nc2cccc(Cl)c2)ncc1CC. The number of benzene rings is 1. The minimum Gasteiger partial charge on any atom is -0.495 e. The molecule has 2 rings (SSSR count). The second-order valence-corrected chi connectivity index (χ2v) is 4.62. The van der Waals surface area contributed by atoms with Crippen molar-refractivity contribution >= 4 is 29.0 Å². The fourth-order valence-electron chi connectivity index (χ4n) is 1.76. The number of nitrogens with zero attached hydrogens (tertiary/aromatic N) is 2. The van der Waals surface area contributed by atoms with Gasteiger partial charge in [-0.15, -0.1) is 0 Å². The minimum absolute atomic E-state index is 0.484. The number of anilines is 2. The van der Waals surface area contributed by atoms with Gasteiger partial charge in [-0.1, -0.05) is 31.2 Å². The van der Waals surface area contributed by atoms with Gasteiger partial charge in [-0.25, -0.2) is 9.97 Å². The standard InChI is InChI=1S/C15H16ClN3O/c1-4-11-9-17-15(19-14(11)10(2)20-3)18-13-7-5-6-12(16)8-13/h5-9H,2,4H2,1,3H3,(H,17,18,19). The van der Waals surface area contributed by atoms with Crippen LogP contribution in [0.25, 0.3) is 5.76 Å². The summed E-state index contributed by atoms with van der Waals surface area (Å²) in [7, 11) is 1.58. The molecule has 0 unspecified atom stereocenters. The number of aromatic nitrogens is 2. The molecule has 0 aliphatic carbocycles. The van der Waals surface area contributed by atoms with Gasteiger partial charge in [-0.2, -0.15) is 0 Å². The summed E-state index contributed by atoms with van der Waals surface area (Å²) in [4.78, 5) is 8.74. The van der Waals surface area contributed by atoms with Gasteiger partial charge in [0.15, 0.2) is 0 Å². The number of methoxy groups -OCH3 is 1. The highest BCUT2D eigenvalue weighted by Gasteiger charge is 2.10. The Morgan fingerprint density at radius 1 is 1.45 bits per heavy atom. The molecule has 0 aliphatic rings. The van der Waals surface area contributed by atoms with E-state index in [0.717, 1.165) is 23.4 Å². The van der Waals surface area contributed by atoms with Crippen LogP contribution >= 0.6 is 11.6 Å². The van der Waals surface area contributed by atoms with E-state index in [1.54, 1.807) is 13.3 Å². The molecule has 1 N–H and O–H groups in total. The summed E-state index contributed by atoms with van der Waals surface area (Å²) < 4.78 is 5.17. The van der Waals surface area contributed by atoms with Gasteiger partial charge in [0.1, 0.15) is 11.5 Å². The highest BCUT2D eigenvalue weighted by molar-refractivity contribution is 6.30. The van der Waals surface area contributed by atoms with Gasteiger partial charge in [0.05, 0.1) is 7.11 Å². The predicted octanol–water partition coefficient (Wildman–Crippen LogP) is 4.05. The molecule has 0 fully saturated rings. The van der Waals surface area contributed by atoms with Crippen molar-refractivity contribution in [2.75, 3.05) is 12.4 Å². The second-order valence-electron chi connectivity index (χ2n) is 4.18. The van der Waals surface area contributed by atoms with Crippen LogP contribution in [0.1, 0.15) is 18.2 Å². The Bertz CT molecular complexity index is 628. The zero-order valence-electron chi connectivity index (χ0n) is 11.5. The smallest absolute Gasteiger partial charge is 0.227 e. The normalized spacial score (nSPS) is 10.2. The van der Waals surface area contributed by atoms with Gasteiger partial charge < -0.3 is 10.1 Å². The fourth-order valence-corrected chi connectivity index (χ4v) is 1.95. The van der Waals surface area contributed by atoms with Crippen molar-refractivity contribution in [2.24, 2.45) is 0 Å². The molecule has 0 amide bonds. The van der Waals surface area contributed by atoms with Crippen LogP contribution in [0.5, 0.6) is 0 Å². The molecule has 104 valence electrons. The average molecular weight is 290 g/mol. The van der Waals surface area contributed by atoms with Gasteiger partial charge in [0.2, 0.25) is 5.95 Å². The van der Waals surface area contributed by atoms with E-state index in [1.807, 2.05) is 31.2 Å². The van der Waals surface area contributed by atoms with E-state index in [0.29, 0.717) is 16.7 Å². The van der Waals surface area contributed by atoms with E-state index in [1.165, 1.54) is 0 Å². The largest absolute Gasteiger partial charge is 0.495 e. The van der Waals surface area contributed by atoms with Gasteiger partial charge in [0, 0.05) is 16.9 Å². The van der Waals surface area contributed by atoms with Crippen LogP contribution < -0.4 is 5.32 Å². The second kappa shape index (κ2) is 6.39. The Morgan fingerprint density at radius 3 is 2.90 bits per heavy atom. The van der Waals surface area contributed by atoms with E-state index >= 15 is 0 Å². The first-order valence-corrected chi connectivity index (χ1v) is 6.63. The van der Waals surface area contributed by atoms with Crippen LogP contribution in [-0.2, 0) is 11.2 Å². The molecule has 0 aliphatic heterocycles. The number of rotatable bonds is 5. The fraction of sp³-hybridized carbons (Fsp3) is 0.200. The monoisotopic (exact) mass is 289 g/mol. The van der Waals surface area contributed by atoms with Crippen molar-refractivity contribution in [2.45, 2.75) is 13.3 Å². The van der Waals surface area contributed by atoms with Crippen molar-refractivity contribution in [1.82, 2.24) is 9.97 Å². The molecule has 4 nitrogen and oxygen atoms in total. The maximum Gasteiger partial charge on any atom is 0.227 e. The number of nitrogens with one attached hydrogen (secondary N) is 1. The van der Waals surface area contributed by atoms with Crippen LogP contribution in [0.4, 0.5) is 11.6 Å². The van der Waals surface area contributed by atoms with Gasteiger partial charge >= 0.3 is 0 Å². The zero-order valence-corrected chi connectivity index (χ0v) is 12.2. The molecular formula is C15H16ClN3O. The van der Waals surface area contributed by atoms with E-state index in [-0.39, 0.29) is 0 Å². The Labute approximate surface area is 123 Å². The molecular weight excluding hydrogens is 274 g/mol. The van der Waals surface area contributed by atoms with Crippen LogP contribution in [-0.4, -0.2) is 17.1 Å². The maximum atomic E-state index is 5.95. The van der Waals surface area contributed by atoms with Gasteiger partial charge in [-0.05, 0) is 30.2 Å². The topological polar surface area (TPSA) is 47.0 Å². The van der Waals surface area contributed by atoms with Crippen LogP contribution in [0.2, 0.25) is 5.02 Å². The Hall–Kier alpha value is -2.07. The molecule has 0 bridgehead atoms. The highest BCUT2D eigenvalue weighted by Crippen LogP contribution is 2.21. The number of halogens is 1. The first-order valence-electron chi connectivity index (χ1n) is 6.25. The Kier molecular flexibility index (Phi) is 4.58. The van der Waals surface area contributed by atoms with Gasteiger partial charge in [0.25, 0.3) is 0 Å². The van der Waals surface area contributed by atoms with Crippen LogP contribution in [0.3, 0.4) is 0 Å². The van der Waals surface area contributed by atoms with Crippen molar-refractivity contribution in [3.05, 3.63) is 53.3 Å². The zero-order chi connectivity index (χ0) is 14.5. The lowest BCUT2D eigenvalue weighted by atomic mass is 10.1. The molecule has 5 heteroatoms. The lowest BCUT2D eigenvalue weighted by molar-refractivity contribution is 0.369. The molecule has 1 heterocycles. The molecule has 1 aromatic carbocycles. The highest BCUT2D eigenvalue weighted by atomic mass is 35.5. The summed E-state index contributed by atoms with van der Waals surface area (Å²) in [6, 6.07) is 7.38. The van der Waals surface area contributed by atoms with Crippen molar-refractivity contribution in [3.8, 4) is 0 Å². The summed E-state index contributed by atoms with van der Waals surface area (Å²) in [5.41, 5.74) is 2.54. The predicted molar refractivity (Wildman–Crippen MR) is 82.2 cm³/mol. The number of hydrogen-bond donors (Lipinski definition) is 1. The third-order valence-electron chi connectivity index (χ3n) is 2.84. The molecule has 20 heavy (non-hydrogen) atoms. The summed E-state index contributed by atoms with van der Waals surface area (Å²) >= 11 is 5.95. The number of ether oxygens (including phenoxy) is 1. The van der Waals surface area contributed by atoms with Crippen LogP contribution in [0.15, 0.2) is 37.0 Å². The minimum atomic E-state index is 0.484. The Morgan fingerprint density at radius 2 is 2.25 bits per heavy atom. The van der Waals surface area contributed by atoms with E-state index in [2.05, 4.69) is 21.9 Å². The maximum absolute atomic E-state index is 5.95. The lowest BCUT2D eigenvalue weighted by Gasteiger charge is -2.11. The molecule has 2 aromatic rings. The quantitative estimate of drug-likeness (QED) is 0.844. The first-order chi connectivity index (χ1) is 9.63. The third-order valence-corrected chi connectivity index (χ3v) is 3.07. The van der Waals surface area contributed by atoms with Crippen LogP contribution in [0, 0.1) is 0 Å². The average Bonchev–Trinajstić information content (AvgIpc) is 2.46. The summed E-state index contributed by atoms with van der Waals surface area (Å²) in [6.07, 6.45) is 2.59. The summed E-state index contributed by atoms with van der Waals surface area (Å²) in [6.45, 7) is 5.89. The summed E-state index contributed by atoms with van der Waals surface area (Å²) in [5, 5.41) is 3.77. The van der Waals surface area contributed by atoms with Crippen molar-refractivity contribution < 1.29 is 4.74 Å². The van der Waals surface area contributed by atoms with E-state index in [4.69, 9.17) is 16.3 Å². The molecule has 0 atom stereocenters. The molecule has 0 saturated heterocycles. The van der Waals surface area contributed by atoms with Crippen molar-refractivity contribution in [1.29, 1.82) is 0 Å². The molecule has 1 aromatic heterocycles.